The van der Waals surface area contributed by atoms with Gasteiger partial charge >= 0.3 is 0 Å². The van der Waals surface area contributed by atoms with Gasteiger partial charge in [-0.1, -0.05) is 6.92 Å². The summed E-state index contributed by atoms with van der Waals surface area (Å²) < 4.78 is 5.26. The van der Waals surface area contributed by atoms with E-state index >= 15 is 0 Å². The second kappa shape index (κ2) is 4.47. The van der Waals surface area contributed by atoms with Crippen molar-refractivity contribution in [3.63, 3.8) is 0 Å². The molecule has 0 heterocycles. The van der Waals surface area contributed by atoms with Crippen molar-refractivity contribution < 1.29 is 9.84 Å². The first-order valence-electron chi connectivity index (χ1n) is 4.93. The van der Waals surface area contributed by atoms with Crippen molar-refractivity contribution >= 4 is 0 Å². The number of hydrogen-bond donors (Lipinski definition) is 1. The fourth-order valence-electron chi connectivity index (χ4n) is 1.73. The van der Waals surface area contributed by atoms with Crippen LogP contribution in [0.1, 0.15) is 36.1 Å². The van der Waals surface area contributed by atoms with Crippen molar-refractivity contribution in [3.05, 3.63) is 28.8 Å². The highest BCUT2D eigenvalue weighted by Gasteiger charge is 2.09. The average Bonchev–Trinajstić information content (AvgIpc) is 2.16. The van der Waals surface area contributed by atoms with E-state index < -0.39 is 0 Å². The maximum Gasteiger partial charge on any atom is 0.124 e. The second-order valence-corrected chi connectivity index (χ2v) is 3.61. The quantitative estimate of drug-likeness (QED) is 0.801. The lowest BCUT2D eigenvalue weighted by atomic mass is 10.0. The average molecular weight is 194 g/mol. The van der Waals surface area contributed by atoms with Gasteiger partial charge in [-0.25, -0.2) is 0 Å². The molecule has 2 heteroatoms. The number of hydrogen-bond acceptors (Lipinski definition) is 2. The summed E-state index contributed by atoms with van der Waals surface area (Å²) in [5.41, 5.74) is 3.13. The molecular formula is C12H18O2. The fourth-order valence-corrected chi connectivity index (χ4v) is 1.73. The van der Waals surface area contributed by atoms with E-state index in [1.807, 2.05) is 32.9 Å². The van der Waals surface area contributed by atoms with Gasteiger partial charge in [0, 0.05) is 0 Å². The van der Waals surface area contributed by atoms with Gasteiger partial charge in [0.25, 0.3) is 0 Å². The summed E-state index contributed by atoms with van der Waals surface area (Å²) in [5.74, 6) is 0.914. The van der Waals surface area contributed by atoms with Gasteiger partial charge in [-0.15, -0.1) is 0 Å². The zero-order valence-corrected chi connectivity index (χ0v) is 9.29. The fraction of sp³-hybridized carbons (Fsp3) is 0.500. The van der Waals surface area contributed by atoms with Crippen molar-refractivity contribution in [2.45, 2.75) is 33.3 Å². The van der Waals surface area contributed by atoms with E-state index in [9.17, 15) is 5.11 Å². The van der Waals surface area contributed by atoms with Crippen LogP contribution in [0.3, 0.4) is 0 Å². The van der Waals surface area contributed by atoms with Crippen LogP contribution in [0.5, 0.6) is 5.75 Å². The Morgan fingerprint density at radius 3 is 2.14 bits per heavy atom. The molecule has 2 nitrogen and oxygen atoms in total. The van der Waals surface area contributed by atoms with Crippen LogP contribution in [0.15, 0.2) is 12.1 Å². The Bertz CT molecular complexity index is 295. The number of aryl methyl sites for hydroxylation is 2. The van der Waals surface area contributed by atoms with Crippen molar-refractivity contribution in [1.29, 1.82) is 0 Å². The molecule has 1 aromatic rings. The number of benzene rings is 1. The predicted molar refractivity (Wildman–Crippen MR) is 57.7 cm³/mol. The molecule has 1 aromatic carbocycles. The highest BCUT2D eigenvalue weighted by molar-refractivity contribution is 5.43. The molecule has 0 aromatic heterocycles. The number of aliphatic hydroxyl groups is 1. The Morgan fingerprint density at radius 1 is 1.29 bits per heavy atom. The SMILES string of the molecule is CC[C@@H](O)c1cc(C)c(OC)c(C)c1. The van der Waals surface area contributed by atoms with Crippen LogP contribution < -0.4 is 4.74 Å². The molecule has 1 rings (SSSR count). The minimum Gasteiger partial charge on any atom is -0.496 e. The van der Waals surface area contributed by atoms with Crippen LogP contribution in [0.25, 0.3) is 0 Å². The normalized spacial score (nSPS) is 12.6. The van der Waals surface area contributed by atoms with Crippen LogP contribution in [0, 0.1) is 13.8 Å². The molecule has 78 valence electrons. The molecule has 0 fully saturated rings. The summed E-state index contributed by atoms with van der Waals surface area (Å²) >= 11 is 0. The monoisotopic (exact) mass is 194 g/mol. The lowest BCUT2D eigenvalue weighted by molar-refractivity contribution is 0.173. The molecule has 0 amide bonds. The maximum atomic E-state index is 9.70. The molecular weight excluding hydrogens is 176 g/mol. The van der Waals surface area contributed by atoms with Gasteiger partial charge < -0.3 is 9.84 Å². The van der Waals surface area contributed by atoms with E-state index in [1.54, 1.807) is 7.11 Å². The highest BCUT2D eigenvalue weighted by Crippen LogP contribution is 2.27. The van der Waals surface area contributed by atoms with Gasteiger partial charge in [-0.05, 0) is 49.1 Å². The van der Waals surface area contributed by atoms with E-state index in [0.29, 0.717) is 0 Å². The van der Waals surface area contributed by atoms with Crippen molar-refractivity contribution in [2.75, 3.05) is 7.11 Å². The first kappa shape index (κ1) is 11.1. The molecule has 0 aliphatic heterocycles. The van der Waals surface area contributed by atoms with Gasteiger partial charge in [0.15, 0.2) is 0 Å². The molecule has 0 bridgehead atoms. The van der Waals surface area contributed by atoms with E-state index in [-0.39, 0.29) is 6.10 Å². The predicted octanol–water partition coefficient (Wildman–Crippen LogP) is 2.76. The molecule has 0 radical (unpaired) electrons. The summed E-state index contributed by atoms with van der Waals surface area (Å²) in [7, 11) is 1.67. The number of aliphatic hydroxyl groups excluding tert-OH is 1. The lowest BCUT2D eigenvalue weighted by Gasteiger charge is -2.14. The van der Waals surface area contributed by atoms with E-state index in [1.165, 1.54) is 0 Å². The number of ether oxygens (including phenoxy) is 1. The van der Waals surface area contributed by atoms with Gasteiger partial charge in [-0.3, -0.25) is 0 Å². The van der Waals surface area contributed by atoms with E-state index in [0.717, 1.165) is 28.9 Å². The Morgan fingerprint density at radius 2 is 1.79 bits per heavy atom. The Kier molecular flexibility index (Phi) is 3.53. The summed E-state index contributed by atoms with van der Waals surface area (Å²) in [5, 5.41) is 9.70. The molecule has 0 unspecified atom stereocenters. The topological polar surface area (TPSA) is 29.5 Å². The number of methoxy groups -OCH3 is 1. The molecule has 0 saturated heterocycles. The lowest BCUT2D eigenvalue weighted by Crippen LogP contribution is -1.99. The maximum absolute atomic E-state index is 9.70. The molecule has 0 spiro atoms. The largest absolute Gasteiger partial charge is 0.496 e. The Hall–Kier alpha value is -1.02. The third kappa shape index (κ3) is 2.07. The van der Waals surface area contributed by atoms with Crippen LogP contribution in [-0.2, 0) is 0 Å². The van der Waals surface area contributed by atoms with Gasteiger partial charge in [0.1, 0.15) is 5.75 Å². The molecule has 0 saturated carbocycles. The Balaban J connectivity index is 3.13. The molecule has 14 heavy (non-hydrogen) atoms. The van der Waals surface area contributed by atoms with Gasteiger partial charge in [0.2, 0.25) is 0 Å². The second-order valence-electron chi connectivity index (χ2n) is 3.61. The molecule has 0 aliphatic carbocycles. The first-order chi connectivity index (χ1) is 6.60. The van der Waals surface area contributed by atoms with Crippen LogP contribution >= 0.6 is 0 Å². The standard InChI is InChI=1S/C12H18O2/c1-5-11(13)10-6-8(2)12(14-4)9(3)7-10/h6-7,11,13H,5H2,1-4H3/t11-/m1/s1. The summed E-state index contributed by atoms with van der Waals surface area (Å²) in [4.78, 5) is 0. The first-order valence-corrected chi connectivity index (χ1v) is 4.93. The minimum absolute atomic E-state index is 0.363. The molecule has 0 aliphatic rings. The van der Waals surface area contributed by atoms with Crippen LogP contribution in [-0.4, -0.2) is 12.2 Å². The van der Waals surface area contributed by atoms with E-state index in [4.69, 9.17) is 4.74 Å². The van der Waals surface area contributed by atoms with Crippen LogP contribution in [0.2, 0.25) is 0 Å². The smallest absolute Gasteiger partial charge is 0.124 e. The summed E-state index contributed by atoms with van der Waals surface area (Å²) in [6, 6.07) is 3.97. The van der Waals surface area contributed by atoms with E-state index in [2.05, 4.69) is 0 Å². The summed E-state index contributed by atoms with van der Waals surface area (Å²) in [6.45, 7) is 5.97. The highest BCUT2D eigenvalue weighted by atomic mass is 16.5. The third-order valence-corrected chi connectivity index (χ3v) is 2.46. The summed E-state index contributed by atoms with van der Waals surface area (Å²) in [6.07, 6.45) is 0.379. The van der Waals surface area contributed by atoms with Gasteiger partial charge in [0.05, 0.1) is 13.2 Å². The zero-order chi connectivity index (χ0) is 10.7. The molecule has 1 atom stereocenters. The van der Waals surface area contributed by atoms with Crippen LogP contribution in [0.4, 0.5) is 0 Å². The van der Waals surface area contributed by atoms with Crippen molar-refractivity contribution in [1.82, 2.24) is 0 Å². The van der Waals surface area contributed by atoms with Crippen molar-refractivity contribution in [3.8, 4) is 5.75 Å². The van der Waals surface area contributed by atoms with Gasteiger partial charge in [-0.2, -0.15) is 0 Å². The Labute approximate surface area is 85.5 Å². The zero-order valence-electron chi connectivity index (χ0n) is 9.29. The number of rotatable bonds is 3. The molecule has 1 N–H and O–H groups in total. The van der Waals surface area contributed by atoms with Crippen molar-refractivity contribution in [2.24, 2.45) is 0 Å². The third-order valence-electron chi connectivity index (χ3n) is 2.46. The minimum atomic E-state index is -0.363.